The summed E-state index contributed by atoms with van der Waals surface area (Å²) in [7, 11) is 2.89. The van der Waals surface area contributed by atoms with Crippen molar-refractivity contribution < 1.29 is 19.2 Å². The van der Waals surface area contributed by atoms with Gasteiger partial charge in [0.15, 0.2) is 0 Å². The molecule has 39 heavy (non-hydrogen) atoms. The number of likely N-dealkylation sites (N-methyl/N-ethyl adjacent to an activating group) is 2. The van der Waals surface area contributed by atoms with E-state index in [1.807, 2.05) is 65.8 Å². The predicted octanol–water partition coefficient (Wildman–Crippen LogP) is 4.79. The number of carbonyl (C=O) groups is 4. The third-order valence-electron chi connectivity index (χ3n) is 6.22. The lowest BCUT2D eigenvalue weighted by atomic mass is 9.92. The molecule has 0 heterocycles. The number of rotatable bonds is 9. The molecule has 0 saturated heterocycles. The average Bonchev–Trinajstić information content (AvgIpc) is 2.89. The van der Waals surface area contributed by atoms with Crippen molar-refractivity contribution in [2.24, 2.45) is 10.9 Å². The lowest BCUT2D eigenvalue weighted by Gasteiger charge is -2.16. The van der Waals surface area contributed by atoms with E-state index in [0.717, 1.165) is 74.8 Å². The lowest BCUT2D eigenvalue weighted by molar-refractivity contribution is -0.125. The molecule has 0 radical (unpaired) electrons. The van der Waals surface area contributed by atoms with Crippen LogP contribution < -0.4 is 5.84 Å². The van der Waals surface area contributed by atoms with Crippen LogP contribution in [-0.4, -0.2) is 53.2 Å². The van der Waals surface area contributed by atoms with Crippen LogP contribution in [0.4, 0.5) is 0 Å². The first-order valence-electron chi connectivity index (χ1n) is 13.4. The lowest BCUT2D eigenvalue weighted by Crippen LogP contribution is -2.39. The van der Waals surface area contributed by atoms with Gasteiger partial charge in [0.05, 0.1) is 0 Å². The van der Waals surface area contributed by atoms with Gasteiger partial charge in [-0.05, 0) is 75.6 Å². The minimum absolute atomic E-state index is 0.476. The summed E-state index contributed by atoms with van der Waals surface area (Å²) in [5.41, 5.74) is 7.69. The van der Waals surface area contributed by atoms with Crippen LogP contribution >= 0.6 is 0 Å². The number of ketones is 2. The Morgan fingerprint density at radius 3 is 1.23 bits per heavy atom. The highest BCUT2D eigenvalue weighted by Gasteiger charge is 2.26. The molecule has 0 unspecified atom stereocenters. The van der Waals surface area contributed by atoms with E-state index in [-0.39, 0.29) is 0 Å². The largest absolute Gasteiger partial charge is 0.314 e. The van der Waals surface area contributed by atoms with Crippen molar-refractivity contribution >= 4 is 29.1 Å². The number of hydrazone groups is 1. The van der Waals surface area contributed by atoms with E-state index in [1.54, 1.807) is 13.8 Å². The molecule has 2 rings (SSSR count). The number of amides is 2. The highest BCUT2D eigenvalue weighted by molar-refractivity contribution is 6.43. The number of Topliss-reactive ketones (excluding diaryl/α,β-unsaturated/α-hetero) is 2. The predicted molar refractivity (Wildman–Crippen MR) is 157 cm³/mol. The Balaban J connectivity index is 0.000000395. The number of hydrazine groups is 1. The minimum atomic E-state index is -0.678. The van der Waals surface area contributed by atoms with Crippen LogP contribution in [-0.2, 0) is 35.3 Å². The molecule has 8 heteroatoms. The Hall–Kier alpha value is -3.65. The first-order valence-corrected chi connectivity index (χ1v) is 13.4. The zero-order valence-corrected chi connectivity index (χ0v) is 25.2. The molecule has 0 fully saturated rings. The number of carbonyl (C=O) groups excluding carboxylic acids is 4. The molecule has 0 aliphatic heterocycles. The van der Waals surface area contributed by atoms with Crippen molar-refractivity contribution in [3.63, 3.8) is 0 Å². The molecule has 0 aromatic heterocycles. The first kappa shape index (κ1) is 33.4. The molecule has 2 aromatic carbocycles. The van der Waals surface area contributed by atoms with Crippen LogP contribution in [0, 0.1) is 13.8 Å². The maximum absolute atomic E-state index is 12.6. The van der Waals surface area contributed by atoms with E-state index in [2.05, 4.69) is 5.10 Å². The summed E-state index contributed by atoms with van der Waals surface area (Å²) in [5.74, 6) is 3.08. The summed E-state index contributed by atoms with van der Waals surface area (Å²) in [6, 6.07) is 7.87. The Bertz CT molecular complexity index is 1210. The quantitative estimate of drug-likeness (QED) is 0.124. The summed E-state index contributed by atoms with van der Waals surface area (Å²) >= 11 is 0. The minimum Gasteiger partial charge on any atom is -0.283 e. The molecule has 0 spiro atoms. The van der Waals surface area contributed by atoms with E-state index in [9.17, 15) is 19.2 Å². The number of hydrogen-bond acceptors (Lipinski definition) is 6. The van der Waals surface area contributed by atoms with Gasteiger partial charge in [0.1, 0.15) is 0 Å². The highest BCUT2D eigenvalue weighted by atomic mass is 16.2. The standard InChI is InChI=1S/C17H24N2O2.C14H20N2O2/c1-7-13-9-12(5)10-14(8-2)15(13)16(20)17(21)19(6)18-11(3)4;1-5-10-7-9(3)8-11(6-2)12(10)13(17)14(18)16(4)15/h9-10H,7-8H2,1-6H3;7-8H,5-6,15H2,1-4H3. The van der Waals surface area contributed by atoms with Crippen LogP contribution in [0.2, 0.25) is 0 Å². The van der Waals surface area contributed by atoms with E-state index in [4.69, 9.17) is 5.84 Å². The zero-order chi connectivity index (χ0) is 30.0. The van der Waals surface area contributed by atoms with Crippen LogP contribution in [0.3, 0.4) is 0 Å². The van der Waals surface area contributed by atoms with Gasteiger partial charge in [-0.2, -0.15) is 5.10 Å². The normalized spacial score (nSPS) is 10.2. The molecule has 2 amide bonds. The zero-order valence-electron chi connectivity index (χ0n) is 25.2. The SMILES string of the molecule is CCc1cc(C)cc(CC)c1C(=O)C(=O)N(C)N.CCc1cc(C)cc(CC)c1C(=O)C(=O)N(C)N=C(C)C. The number of nitrogens with zero attached hydrogens (tertiary/aromatic N) is 3. The van der Waals surface area contributed by atoms with E-state index in [0.29, 0.717) is 11.1 Å². The summed E-state index contributed by atoms with van der Waals surface area (Å²) in [6.45, 7) is 15.5. The number of aryl methyl sites for hydroxylation is 6. The summed E-state index contributed by atoms with van der Waals surface area (Å²) < 4.78 is 0. The molecule has 2 aromatic rings. The molecule has 0 saturated carbocycles. The maximum Gasteiger partial charge on any atom is 0.314 e. The van der Waals surface area contributed by atoms with Gasteiger partial charge in [-0.15, -0.1) is 0 Å². The van der Waals surface area contributed by atoms with Crippen molar-refractivity contribution in [2.45, 2.75) is 81.1 Å². The van der Waals surface area contributed by atoms with Crippen LogP contribution in [0.15, 0.2) is 29.4 Å². The van der Waals surface area contributed by atoms with Crippen molar-refractivity contribution in [3.05, 3.63) is 68.8 Å². The second-order valence-electron chi connectivity index (χ2n) is 9.78. The van der Waals surface area contributed by atoms with Crippen molar-refractivity contribution in [1.82, 2.24) is 10.0 Å². The third-order valence-corrected chi connectivity index (χ3v) is 6.22. The maximum atomic E-state index is 12.6. The highest BCUT2D eigenvalue weighted by Crippen LogP contribution is 2.22. The molecule has 0 aliphatic carbocycles. The second kappa shape index (κ2) is 15.1. The van der Waals surface area contributed by atoms with Gasteiger partial charge < -0.3 is 0 Å². The van der Waals surface area contributed by atoms with Crippen molar-refractivity contribution in [1.29, 1.82) is 0 Å². The average molecular weight is 537 g/mol. The second-order valence-corrected chi connectivity index (χ2v) is 9.78. The van der Waals surface area contributed by atoms with Gasteiger partial charge in [0.2, 0.25) is 0 Å². The number of hydrogen-bond donors (Lipinski definition) is 1. The molecular weight excluding hydrogens is 492 g/mol. The fraction of sp³-hybridized carbons (Fsp3) is 0.452. The van der Waals surface area contributed by atoms with Gasteiger partial charge in [0, 0.05) is 30.9 Å². The Morgan fingerprint density at radius 2 is 0.974 bits per heavy atom. The number of benzene rings is 2. The third kappa shape index (κ3) is 8.68. The van der Waals surface area contributed by atoms with Crippen LogP contribution in [0.1, 0.15) is 95.6 Å². The van der Waals surface area contributed by atoms with Gasteiger partial charge >= 0.3 is 11.8 Å². The topological polar surface area (TPSA) is 113 Å². The number of nitrogens with two attached hydrogens (primary N) is 1. The molecule has 0 bridgehead atoms. The smallest absolute Gasteiger partial charge is 0.283 e. The van der Waals surface area contributed by atoms with Crippen molar-refractivity contribution in [3.8, 4) is 0 Å². The molecule has 0 aliphatic rings. The Morgan fingerprint density at radius 1 is 0.667 bits per heavy atom. The van der Waals surface area contributed by atoms with Crippen LogP contribution in [0.5, 0.6) is 0 Å². The van der Waals surface area contributed by atoms with E-state index in [1.165, 1.54) is 14.1 Å². The van der Waals surface area contributed by atoms with Gasteiger partial charge in [-0.1, -0.05) is 63.1 Å². The monoisotopic (exact) mass is 536 g/mol. The fourth-order valence-electron chi connectivity index (χ4n) is 4.45. The fourth-order valence-corrected chi connectivity index (χ4v) is 4.45. The Kier molecular flexibility index (Phi) is 12.9. The summed E-state index contributed by atoms with van der Waals surface area (Å²) in [6.07, 6.45) is 2.89. The molecule has 8 nitrogen and oxygen atoms in total. The van der Waals surface area contributed by atoms with Gasteiger partial charge in [-0.25, -0.2) is 10.9 Å². The molecule has 2 N–H and O–H groups in total. The van der Waals surface area contributed by atoms with E-state index < -0.39 is 23.4 Å². The van der Waals surface area contributed by atoms with Gasteiger partial charge in [-0.3, -0.25) is 24.2 Å². The Labute approximate surface area is 233 Å². The molecule has 212 valence electrons. The summed E-state index contributed by atoms with van der Waals surface area (Å²) in [4.78, 5) is 48.7. The van der Waals surface area contributed by atoms with E-state index >= 15 is 0 Å². The molecule has 0 atom stereocenters. The van der Waals surface area contributed by atoms with Crippen molar-refractivity contribution in [2.75, 3.05) is 14.1 Å². The molecular formula is C31H44N4O4. The first-order chi connectivity index (χ1) is 18.2. The van der Waals surface area contributed by atoms with Gasteiger partial charge in [0.25, 0.3) is 11.6 Å². The van der Waals surface area contributed by atoms with Crippen LogP contribution in [0.25, 0.3) is 0 Å². The summed E-state index contributed by atoms with van der Waals surface area (Å²) in [5, 5.41) is 5.99.